The molecular formula is C12H22N2OS. The Kier molecular flexibility index (Phi) is 3.50. The normalized spacial score (nSPS) is 26.8. The van der Waals surface area contributed by atoms with Crippen molar-refractivity contribution in [2.75, 3.05) is 26.0 Å². The average molecular weight is 242 g/mol. The fraction of sp³-hybridized carbons (Fsp3) is 0.917. The molecule has 1 fully saturated rings. The van der Waals surface area contributed by atoms with Crippen molar-refractivity contribution < 1.29 is 4.74 Å². The molecular weight excluding hydrogens is 220 g/mol. The third-order valence-corrected chi connectivity index (χ3v) is 4.98. The summed E-state index contributed by atoms with van der Waals surface area (Å²) < 4.78 is 5.58. The summed E-state index contributed by atoms with van der Waals surface area (Å²) in [5, 5.41) is 4.54. The van der Waals surface area contributed by atoms with Gasteiger partial charge in [-0.25, -0.2) is 0 Å². The number of hydrogen-bond donors (Lipinski definition) is 1. The summed E-state index contributed by atoms with van der Waals surface area (Å²) in [6.45, 7) is 6.38. The second-order valence-electron chi connectivity index (χ2n) is 5.67. The van der Waals surface area contributed by atoms with Crippen molar-refractivity contribution in [2.24, 2.45) is 10.4 Å². The van der Waals surface area contributed by atoms with Crippen LogP contribution >= 0.6 is 11.8 Å². The molecule has 0 spiro atoms. The zero-order valence-corrected chi connectivity index (χ0v) is 11.3. The van der Waals surface area contributed by atoms with E-state index in [9.17, 15) is 0 Å². The topological polar surface area (TPSA) is 33.6 Å². The van der Waals surface area contributed by atoms with Gasteiger partial charge in [-0.15, -0.1) is 0 Å². The molecule has 0 aromatic heterocycles. The van der Waals surface area contributed by atoms with Crippen LogP contribution in [0.4, 0.5) is 0 Å². The number of thioether (sulfide) groups is 1. The number of hydrogen-bond acceptors (Lipinski definition) is 4. The Labute approximate surface area is 102 Å². The van der Waals surface area contributed by atoms with E-state index in [-0.39, 0.29) is 5.60 Å². The summed E-state index contributed by atoms with van der Waals surface area (Å²) in [5.41, 5.74) is 0.446. The first-order valence-corrected chi connectivity index (χ1v) is 7.00. The zero-order valence-electron chi connectivity index (χ0n) is 10.5. The fourth-order valence-corrected chi connectivity index (χ4v) is 2.96. The Morgan fingerprint density at radius 2 is 2.19 bits per heavy atom. The molecule has 1 N–H and O–H groups in total. The Hall–Kier alpha value is -0.220. The van der Waals surface area contributed by atoms with Crippen LogP contribution in [-0.2, 0) is 4.74 Å². The Morgan fingerprint density at radius 3 is 2.62 bits per heavy atom. The van der Waals surface area contributed by atoms with Crippen LogP contribution in [0.5, 0.6) is 0 Å². The Balaban J connectivity index is 1.81. The van der Waals surface area contributed by atoms with Crippen LogP contribution in [-0.4, -0.2) is 36.7 Å². The van der Waals surface area contributed by atoms with Gasteiger partial charge in [-0.3, -0.25) is 4.99 Å². The molecule has 3 nitrogen and oxygen atoms in total. The first-order valence-electron chi connectivity index (χ1n) is 6.02. The summed E-state index contributed by atoms with van der Waals surface area (Å²) in [6.07, 6.45) is 3.65. The number of nitrogens with zero attached hydrogens (tertiary/aromatic N) is 1. The van der Waals surface area contributed by atoms with Gasteiger partial charge in [-0.2, -0.15) is 0 Å². The van der Waals surface area contributed by atoms with Crippen molar-refractivity contribution in [1.82, 2.24) is 5.32 Å². The molecule has 92 valence electrons. The standard InChI is InChI=1S/C12H22N2OS/c1-11(2)7-13-10(16-9-11)14-8-12(15-3)5-4-6-12/h4-9H2,1-3H3,(H,13,14). The van der Waals surface area contributed by atoms with E-state index in [4.69, 9.17) is 4.74 Å². The molecule has 0 aromatic carbocycles. The van der Waals surface area contributed by atoms with Crippen molar-refractivity contribution in [3.05, 3.63) is 0 Å². The number of ether oxygens (including phenoxy) is 1. The van der Waals surface area contributed by atoms with Crippen molar-refractivity contribution in [3.63, 3.8) is 0 Å². The summed E-state index contributed by atoms with van der Waals surface area (Å²) in [5.74, 6) is 1.15. The van der Waals surface area contributed by atoms with Gasteiger partial charge in [0.15, 0.2) is 5.17 Å². The highest BCUT2D eigenvalue weighted by Gasteiger charge is 2.37. The molecule has 0 atom stereocenters. The van der Waals surface area contributed by atoms with Crippen LogP contribution in [0.1, 0.15) is 33.1 Å². The minimum absolute atomic E-state index is 0.0933. The van der Waals surface area contributed by atoms with E-state index >= 15 is 0 Å². The molecule has 0 unspecified atom stereocenters. The largest absolute Gasteiger partial charge is 0.376 e. The lowest BCUT2D eigenvalue weighted by Crippen LogP contribution is -2.49. The predicted octanol–water partition coefficient (Wildman–Crippen LogP) is 2.27. The first kappa shape index (κ1) is 12.2. The monoisotopic (exact) mass is 242 g/mol. The van der Waals surface area contributed by atoms with Crippen LogP contribution in [0, 0.1) is 5.41 Å². The maximum atomic E-state index is 5.58. The summed E-state index contributed by atoms with van der Waals surface area (Å²) in [6, 6.07) is 0. The van der Waals surface area contributed by atoms with Gasteiger partial charge in [0.1, 0.15) is 0 Å². The van der Waals surface area contributed by atoms with E-state index < -0.39 is 0 Å². The smallest absolute Gasteiger partial charge is 0.156 e. The third kappa shape index (κ3) is 2.72. The lowest BCUT2D eigenvalue weighted by molar-refractivity contribution is -0.0663. The molecule has 1 heterocycles. The molecule has 0 bridgehead atoms. The van der Waals surface area contributed by atoms with Gasteiger partial charge in [-0.05, 0) is 24.7 Å². The molecule has 0 radical (unpaired) electrons. The van der Waals surface area contributed by atoms with Gasteiger partial charge in [0.25, 0.3) is 0 Å². The Bertz CT molecular complexity index is 279. The van der Waals surface area contributed by atoms with Crippen molar-refractivity contribution in [3.8, 4) is 0 Å². The molecule has 4 heteroatoms. The summed E-state index contributed by atoms with van der Waals surface area (Å²) in [7, 11) is 1.82. The molecule has 2 aliphatic rings. The van der Waals surface area contributed by atoms with Crippen molar-refractivity contribution in [1.29, 1.82) is 0 Å². The highest BCUT2D eigenvalue weighted by atomic mass is 32.2. The number of nitrogens with one attached hydrogen (secondary N) is 1. The van der Waals surface area contributed by atoms with Crippen LogP contribution in [0.2, 0.25) is 0 Å². The SMILES string of the molecule is COC1(CNC2=NCC(C)(C)CS2)CCC1. The van der Waals surface area contributed by atoms with E-state index in [0.29, 0.717) is 5.41 Å². The number of aliphatic imine (C=N–C) groups is 1. The summed E-state index contributed by atoms with van der Waals surface area (Å²) in [4.78, 5) is 4.59. The molecule has 0 amide bonds. The molecule has 16 heavy (non-hydrogen) atoms. The van der Waals surface area contributed by atoms with Crippen LogP contribution in [0.3, 0.4) is 0 Å². The fourth-order valence-electron chi connectivity index (χ4n) is 2.01. The van der Waals surface area contributed by atoms with Gasteiger partial charge in [0, 0.05) is 26.0 Å². The van der Waals surface area contributed by atoms with E-state index in [1.54, 1.807) is 0 Å². The molecule has 1 aliphatic carbocycles. The van der Waals surface area contributed by atoms with E-state index in [1.807, 2.05) is 18.9 Å². The predicted molar refractivity (Wildman–Crippen MR) is 70.1 cm³/mol. The van der Waals surface area contributed by atoms with E-state index in [2.05, 4.69) is 24.2 Å². The van der Waals surface area contributed by atoms with Gasteiger partial charge in [-0.1, -0.05) is 25.6 Å². The van der Waals surface area contributed by atoms with Crippen LogP contribution < -0.4 is 5.32 Å². The lowest BCUT2D eigenvalue weighted by atomic mass is 9.80. The summed E-state index contributed by atoms with van der Waals surface area (Å²) >= 11 is 1.84. The van der Waals surface area contributed by atoms with E-state index in [0.717, 1.165) is 24.0 Å². The van der Waals surface area contributed by atoms with Crippen molar-refractivity contribution in [2.45, 2.75) is 38.7 Å². The van der Waals surface area contributed by atoms with Gasteiger partial charge >= 0.3 is 0 Å². The van der Waals surface area contributed by atoms with E-state index in [1.165, 1.54) is 19.3 Å². The minimum atomic E-state index is 0.0933. The van der Waals surface area contributed by atoms with Gasteiger partial charge < -0.3 is 10.1 Å². The number of methoxy groups -OCH3 is 1. The number of rotatable bonds is 3. The maximum Gasteiger partial charge on any atom is 0.156 e. The lowest BCUT2D eigenvalue weighted by Gasteiger charge is -2.41. The molecule has 0 aromatic rings. The second kappa shape index (κ2) is 4.57. The third-order valence-electron chi connectivity index (χ3n) is 3.51. The Morgan fingerprint density at radius 1 is 1.44 bits per heavy atom. The molecule has 2 rings (SSSR count). The second-order valence-corrected chi connectivity index (χ2v) is 6.63. The molecule has 0 saturated heterocycles. The minimum Gasteiger partial charge on any atom is -0.376 e. The average Bonchev–Trinajstić information content (AvgIpc) is 2.19. The van der Waals surface area contributed by atoms with Crippen LogP contribution in [0.15, 0.2) is 4.99 Å². The molecule has 1 saturated carbocycles. The van der Waals surface area contributed by atoms with Crippen LogP contribution in [0.25, 0.3) is 0 Å². The highest BCUT2D eigenvalue weighted by Crippen LogP contribution is 2.34. The van der Waals surface area contributed by atoms with Crippen molar-refractivity contribution >= 4 is 16.9 Å². The number of amidine groups is 1. The van der Waals surface area contributed by atoms with Gasteiger partial charge in [0.05, 0.1) is 5.60 Å². The highest BCUT2D eigenvalue weighted by molar-refractivity contribution is 8.13. The van der Waals surface area contributed by atoms with Gasteiger partial charge in [0.2, 0.25) is 0 Å². The zero-order chi connectivity index (χ0) is 11.6. The first-order chi connectivity index (χ1) is 7.55. The molecule has 1 aliphatic heterocycles. The maximum absolute atomic E-state index is 5.58. The quantitative estimate of drug-likeness (QED) is 0.824.